The van der Waals surface area contributed by atoms with Crippen molar-refractivity contribution in [3.63, 3.8) is 0 Å². The Bertz CT molecular complexity index is 444. The van der Waals surface area contributed by atoms with Gasteiger partial charge in [-0.05, 0) is 29.9 Å². The predicted molar refractivity (Wildman–Crippen MR) is 51.9 cm³/mol. The van der Waals surface area contributed by atoms with Crippen molar-refractivity contribution < 1.29 is 0 Å². The van der Waals surface area contributed by atoms with Crippen LogP contribution in [0.3, 0.4) is 0 Å². The lowest BCUT2D eigenvalue weighted by atomic mass is 10.2. The molecule has 0 bridgehead atoms. The van der Waals surface area contributed by atoms with Crippen molar-refractivity contribution in [3.8, 4) is 0 Å². The molecule has 0 aromatic carbocycles. The van der Waals surface area contributed by atoms with Crippen molar-refractivity contribution in [1.29, 1.82) is 0 Å². The van der Waals surface area contributed by atoms with Gasteiger partial charge in [0.1, 0.15) is 0 Å². The Morgan fingerprint density at radius 2 is 2.00 bits per heavy atom. The van der Waals surface area contributed by atoms with Crippen molar-refractivity contribution in [2.45, 2.75) is 6.92 Å². The first-order chi connectivity index (χ1) is 5.86. The molecule has 0 radical (unpaired) electrons. The summed E-state index contributed by atoms with van der Waals surface area (Å²) in [6.45, 7) is 2.10. The van der Waals surface area contributed by atoms with Crippen LogP contribution in [-0.4, -0.2) is 4.98 Å². The highest BCUT2D eigenvalue weighted by Crippen LogP contribution is 1.95. The Morgan fingerprint density at radius 1 is 1.17 bits per heavy atom. The van der Waals surface area contributed by atoms with Crippen LogP contribution in [0.25, 0.3) is 12.2 Å². The van der Waals surface area contributed by atoms with Crippen LogP contribution in [0.4, 0.5) is 0 Å². The maximum Gasteiger partial charge on any atom is 0.0456 e. The summed E-state index contributed by atoms with van der Waals surface area (Å²) in [6.07, 6.45) is 12.4. The molecule has 60 valence electrons. The van der Waals surface area contributed by atoms with Gasteiger partial charge in [-0.1, -0.05) is 24.3 Å². The molecule has 0 fully saturated rings. The Labute approximate surface area is 71.4 Å². The van der Waals surface area contributed by atoms with Crippen molar-refractivity contribution in [1.82, 2.24) is 4.98 Å². The molecule has 0 saturated heterocycles. The van der Waals surface area contributed by atoms with E-state index in [9.17, 15) is 0 Å². The maximum absolute atomic E-state index is 3.19. The monoisotopic (exact) mass is 157 g/mol. The molecular formula is C11H11N. The molecule has 12 heavy (non-hydrogen) atoms. The van der Waals surface area contributed by atoms with E-state index < -0.39 is 0 Å². The first-order valence-electron chi connectivity index (χ1n) is 4.07. The highest BCUT2D eigenvalue weighted by molar-refractivity contribution is 5.51. The van der Waals surface area contributed by atoms with Crippen LogP contribution in [0.1, 0.15) is 6.92 Å². The number of hydrogen-bond donors (Lipinski definition) is 1. The topological polar surface area (TPSA) is 15.8 Å². The van der Waals surface area contributed by atoms with Crippen molar-refractivity contribution >= 4 is 12.2 Å². The Kier molecular flexibility index (Phi) is 1.71. The fourth-order valence-corrected chi connectivity index (χ4v) is 1.31. The second kappa shape index (κ2) is 2.86. The fraction of sp³-hybridized carbons (Fsp3) is 0.0909. The summed E-state index contributed by atoms with van der Waals surface area (Å²) in [6, 6.07) is 2.08. The summed E-state index contributed by atoms with van der Waals surface area (Å²) in [5.74, 6) is 0. The molecule has 0 saturated carbocycles. The number of fused-ring (bicyclic) bond motifs is 1. The molecule has 0 aliphatic heterocycles. The Hall–Kier alpha value is -1.50. The van der Waals surface area contributed by atoms with Gasteiger partial charge < -0.3 is 4.98 Å². The van der Waals surface area contributed by atoms with E-state index in [1.807, 2.05) is 6.20 Å². The summed E-state index contributed by atoms with van der Waals surface area (Å²) in [5.41, 5.74) is 1.27. The first kappa shape index (κ1) is 7.17. The van der Waals surface area contributed by atoms with E-state index in [0.717, 1.165) is 0 Å². The summed E-state index contributed by atoms with van der Waals surface area (Å²) in [5, 5.41) is 2.44. The van der Waals surface area contributed by atoms with Crippen LogP contribution in [0.15, 0.2) is 36.1 Å². The maximum atomic E-state index is 3.19. The standard InChI is InChI=1S/C11H11N/c1-9-4-2-3-5-10-6-7-12-11(10)8-9/h2-8,12H,1H3/b3-2-,4-2?,5-3?,9-4?,9-8?,10-5-,11-8?. The van der Waals surface area contributed by atoms with E-state index in [1.165, 1.54) is 16.1 Å². The molecule has 1 N–H and O–H groups in total. The second-order valence-corrected chi connectivity index (χ2v) is 2.95. The van der Waals surface area contributed by atoms with Gasteiger partial charge in [-0.25, -0.2) is 0 Å². The van der Waals surface area contributed by atoms with Gasteiger partial charge in [0.05, 0.1) is 0 Å². The van der Waals surface area contributed by atoms with Crippen molar-refractivity contribution in [2.24, 2.45) is 0 Å². The zero-order valence-corrected chi connectivity index (χ0v) is 7.04. The van der Waals surface area contributed by atoms with E-state index in [0.29, 0.717) is 0 Å². The second-order valence-electron chi connectivity index (χ2n) is 2.95. The number of H-pyrrole nitrogens is 1. The third-order valence-electron chi connectivity index (χ3n) is 1.93. The van der Waals surface area contributed by atoms with Crippen LogP contribution < -0.4 is 10.6 Å². The normalized spacial score (nSPS) is 20.4. The van der Waals surface area contributed by atoms with Crippen LogP contribution in [0.2, 0.25) is 0 Å². The van der Waals surface area contributed by atoms with Gasteiger partial charge in [-0.3, -0.25) is 0 Å². The first-order valence-corrected chi connectivity index (χ1v) is 4.07. The molecule has 0 atom stereocenters. The number of rotatable bonds is 0. The zero-order valence-electron chi connectivity index (χ0n) is 7.04. The van der Waals surface area contributed by atoms with Gasteiger partial charge in [0, 0.05) is 11.5 Å². The molecule has 1 heteroatoms. The average Bonchev–Trinajstić information content (AvgIpc) is 2.42. The van der Waals surface area contributed by atoms with Crippen molar-refractivity contribution in [3.05, 3.63) is 46.6 Å². The molecule has 1 aliphatic carbocycles. The number of allylic oxidation sites excluding steroid dienone is 4. The fourth-order valence-electron chi connectivity index (χ4n) is 1.31. The van der Waals surface area contributed by atoms with Gasteiger partial charge in [-0.2, -0.15) is 0 Å². The lowest BCUT2D eigenvalue weighted by Gasteiger charge is -1.89. The van der Waals surface area contributed by atoms with Gasteiger partial charge in [0.15, 0.2) is 0 Å². The summed E-state index contributed by atoms with van der Waals surface area (Å²) in [7, 11) is 0. The van der Waals surface area contributed by atoms with Crippen LogP contribution in [-0.2, 0) is 0 Å². The molecule has 1 aliphatic rings. The van der Waals surface area contributed by atoms with Crippen LogP contribution in [0, 0.1) is 0 Å². The van der Waals surface area contributed by atoms with Crippen molar-refractivity contribution in [2.75, 3.05) is 0 Å². The number of aromatic nitrogens is 1. The molecule has 1 nitrogen and oxygen atoms in total. The minimum atomic E-state index is 1.19. The molecule has 2 rings (SSSR count). The van der Waals surface area contributed by atoms with Crippen LogP contribution >= 0.6 is 0 Å². The SMILES string of the molecule is CC1=C/C=C\C=c2\cc[nH]c2=C1. The van der Waals surface area contributed by atoms with Gasteiger partial charge in [-0.15, -0.1) is 0 Å². The third kappa shape index (κ3) is 1.26. The molecule has 0 unspecified atom stereocenters. The highest BCUT2D eigenvalue weighted by atomic mass is 14.6. The molecule has 1 heterocycles. The quantitative estimate of drug-likeness (QED) is 0.580. The zero-order chi connectivity index (χ0) is 8.39. The Balaban J connectivity index is 2.78. The number of aromatic amines is 1. The van der Waals surface area contributed by atoms with E-state index in [-0.39, 0.29) is 0 Å². The predicted octanol–water partition coefficient (Wildman–Crippen LogP) is 1.09. The number of nitrogens with one attached hydrogen (secondary N) is 1. The van der Waals surface area contributed by atoms with E-state index >= 15 is 0 Å². The highest BCUT2D eigenvalue weighted by Gasteiger charge is 1.87. The minimum Gasteiger partial charge on any atom is -0.361 e. The van der Waals surface area contributed by atoms with E-state index in [2.05, 4.69) is 48.4 Å². The molecular weight excluding hydrogens is 146 g/mol. The van der Waals surface area contributed by atoms with E-state index in [4.69, 9.17) is 0 Å². The third-order valence-corrected chi connectivity index (χ3v) is 1.93. The summed E-state index contributed by atoms with van der Waals surface area (Å²) >= 11 is 0. The molecule has 0 spiro atoms. The van der Waals surface area contributed by atoms with Gasteiger partial charge in [0.25, 0.3) is 0 Å². The average molecular weight is 157 g/mol. The smallest absolute Gasteiger partial charge is 0.0456 e. The summed E-state index contributed by atoms with van der Waals surface area (Å²) in [4.78, 5) is 3.19. The van der Waals surface area contributed by atoms with Gasteiger partial charge in [0.2, 0.25) is 0 Å². The largest absolute Gasteiger partial charge is 0.361 e. The Morgan fingerprint density at radius 3 is 2.92 bits per heavy atom. The lowest BCUT2D eigenvalue weighted by Crippen LogP contribution is -2.22. The summed E-state index contributed by atoms with van der Waals surface area (Å²) < 4.78 is 0. The molecule has 0 amide bonds. The van der Waals surface area contributed by atoms with E-state index in [1.54, 1.807) is 0 Å². The minimum absolute atomic E-state index is 1.19. The van der Waals surface area contributed by atoms with Gasteiger partial charge >= 0.3 is 0 Å². The molecule has 1 aromatic rings. The number of hydrogen-bond acceptors (Lipinski definition) is 0. The molecule has 1 aromatic heterocycles. The lowest BCUT2D eigenvalue weighted by molar-refractivity contribution is 1.31. The van der Waals surface area contributed by atoms with Crippen LogP contribution in [0.5, 0.6) is 0 Å².